The number of esters is 1. The number of rotatable bonds is 5. The van der Waals surface area contributed by atoms with Gasteiger partial charge in [0.1, 0.15) is 6.54 Å². The van der Waals surface area contributed by atoms with Crippen molar-refractivity contribution in [1.82, 2.24) is 4.90 Å². The Morgan fingerprint density at radius 2 is 1.85 bits per heavy atom. The van der Waals surface area contributed by atoms with Gasteiger partial charge in [-0.1, -0.05) is 6.07 Å². The lowest BCUT2D eigenvalue weighted by atomic mass is 10.0. The van der Waals surface area contributed by atoms with E-state index in [1.165, 1.54) is 4.90 Å². The van der Waals surface area contributed by atoms with Crippen LogP contribution in [0.3, 0.4) is 0 Å². The average Bonchev–Trinajstić information content (AvgIpc) is 2.39. The molecule has 0 radical (unpaired) electrons. The second-order valence-electron chi connectivity index (χ2n) is 4.65. The van der Waals surface area contributed by atoms with Gasteiger partial charge < -0.3 is 15.4 Å². The van der Waals surface area contributed by atoms with Crippen molar-refractivity contribution in [2.45, 2.75) is 27.7 Å². The Labute approximate surface area is 119 Å². The van der Waals surface area contributed by atoms with Crippen molar-refractivity contribution >= 4 is 17.6 Å². The van der Waals surface area contributed by atoms with Gasteiger partial charge in [-0.2, -0.15) is 0 Å². The van der Waals surface area contributed by atoms with Crippen molar-refractivity contribution in [2.24, 2.45) is 0 Å². The number of carbonyl (C=O) groups is 2. The molecule has 0 aromatic heterocycles. The van der Waals surface area contributed by atoms with Gasteiger partial charge in [0, 0.05) is 17.8 Å². The molecule has 5 heteroatoms. The van der Waals surface area contributed by atoms with E-state index >= 15 is 0 Å². The zero-order valence-corrected chi connectivity index (χ0v) is 12.5. The quantitative estimate of drug-likeness (QED) is 0.659. The molecule has 0 unspecified atom stereocenters. The maximum absolute atomic E-state index is 12.5. The predicted molar refractivity (Wildman–Crippen MR) is 78.5 cm³/mol. The molecule has 0 aliphatic heterocycles. The summed E-state index contributed by atoms with van der Waals surface area (Å²) < 4.78 is 4.88. The first-order valence-corrected chi connectivity index (χ1v) is 6.72. The van der Waals surface area contributed by atoms with Crippen LogP contribution in [0.2, 0.25) is 0 Å². The van der Waals surface area contributed by atoms with Gasteiger partial charge in [0.05, 0.1) is 6.61 Å². The summed E-state index contributed by atoms with van der Waals surface area (Å²) in [5.74, 6) is -0.606. The minimum Gasteiger partial charge on any atom is -0.465 e. The number of carbonyl (C=O) groups excluding carboxylic acids is 2. The highest BCUT2D eigenvalue weighted by molar-refractivity contribution is 5.98. The molecule has 0 heterocycles. The van der Waals surface area contributed by atoms with Crippen molar-refractivity contribution in [3.63, 3.8) is 0 Å². The second kappa shape index (κ2) is 6.93. The number of amides is 1. The van der Waals surface area contributed by atoms with Gasteiger partial charge in [-0.3, -0.25) is 9.59 Å². The Balaban J connectivity index is 2.97. The van der Waals surface area contributed by atoms with Crippen LogP contribution >= 0.6 is 0 Å². The van der Waals surface area contributed by atoms with E-state index in [-0.39, 0.29) is 12.5 Å². The molecule has 110 valence electrons. The van der Waals surface area contributed by atoms with Crippen LogP contribution in [0.1, 0.15) is 35.3 Å². The second-order valence-corrected chi connectivity index (χ2v) is 4.65. The van der Waals surface area contributed by atoms with E-state index in [4.69, 9.17) is 10.5 Å². The van der Waals surface area contributed by atoms with Gasteiger partial charge in [0.25, 0.3) is 5.91 Å². The van der Waals surface area contributed by atoms with Gasteiger partial charge in [0.2, 0.25) is 0 Å². The van der Waals surface area contributed by atoms with Gasteiger partial charge in [-0.05, 0) is 44.9 Å². The van der Waals surface area contributed by atoms with Gasteiger partial charge in [0.15, 0.2) is 0 Å². The van der Waals surface area contributed by atoms with Crippen molar-refractivity contribution in [3.05, 3.63) is 28.8 Å². The number of hydrogen-bond acceptors (Lipinski definition) is 4. The van der Waals surface area contributed by atoms with E-state index < -0.39 is 5.97 Å². The molecule has 0 aliphatic rings. The predicted octanol–water partition coefficient (Wildman–Crippen LogP) is 1.91. The highest BCUT2D eigenvalue weighted by Crippen LogP contribution is 2.19. The van der Waals surface area contributed by atoms with Crippen LogP contribution in [0.5, 0.6) is 0 Å². The number of anilines is 1. The van der Waals surface area contributed by atoms with Crippen LogP contribution in [-0.4, -0.2) is 36.5 Å². The van der Waals surface area contributed by atoms with Crippen molar-refractivity contribution in [3.8, 4) is 0 Å². The van der Waals surface area contributed by atoms with E-state index in [9.17, 15) is 9.59 Å². The third kappa shape index (κ3) is 3.73. The van der Waals surface area contributed by atoms with Crippen molar-refractivity contribution < 1.29 is 14.3 Å². The molecule has 0 bridgehead atoms. The van der Waals surface area contributed by atoms with Crippen LogP contribution in [0, 0.1) is 13.8 Å². The van der Waals surface area contributed by atoms with E-state index in [1.807, 2.05) is 26.8 Å². The Kier molecular flexibility index (Phi) is 5.55. The van der Waals surface area contributed by atoms with Crippen LogP contribution < -0.4 is 5.73 Å². The third-order valence-electron chi connectivity index (χ3n) is 3.14. The van der Waals surface area contributed by atoms with Crippen LogP contribution in [-0.2, 0) is 9.53 Å². The third-order valence-corrected chi connectivity index (χ3v) is 3.14. The molecule has 1 rings (SSSR count). The van der Waals surface area contributed by atoms with Crippen LogP contribution in [0.25, 0.3) is 0 Å². The molecule has 0 fully saturated rings. The zero-order valence-electron chi connectivity index (χ0n) is 12.5. The summed E-state index contributed by atoms with van der Waals surface area (Å²) in [5, 5.41) is 0. The number of nitrogens with zero attached hydrogens (tertiary/aromatic N) is 1. The molecular formula is C15H22N2O3. The minimum absolute atomic E-state index is 0.0452. The molecule has 0 spiro atoms. The summed E-state index contributed by atoms with van der Waals surface area (Å²) in [6.45, 7) is 8.01. The summed E-state index contributed by atoms with van der Waals surface area (Å²) in [7, 11) is 0. The molecule has 0 atom stereocenters. The molecule has 1 amide bonds. The zero-order chi connectivity index (χ0) is 15.3. The maximum Gasteiger partial charge on any atom is 0.325 e. The highest BCUT2D eigenvalue weighted by Gasteiger charge is 2.20. The molecule has 0 saturated carbocycles. The molecule has 5 nitrogen and oxygen atoms in total. The summed E-state index contributed by atoms with van der Waals surface area (Å²) >= 11 is 0. The Bertz CT molecular complexity index is 512. The van der Waals surface area contributed by atoms with Gasteiger partial charge in [-0.25, -0.2) is 0 Å². The van der Waals surface area contributed by atoms with Gasteiger partial charge in [-0.15, -0.1) is 0 Å². The Morgan fingerprint density at radius 1 is 1.20 bits per heavy atom. The van der Waals surface area contributed by atoms with E-state index in [2.05, 4.69) is 0 Å². The Morgan fingerprint density at radius 3 is 2.40 bits per heavy atom. The number of likely N-dealkylation sites (N-methyl/N-ethyl adjacent to an activating group) is 1. The van der Waals surface area contributed by atoms with Crippen molar-refractivity contribution in [1.29, 1.82) is 0 Å². The molecule has 1 aromatic carbocycles. The minimum atomic E-state index is -0.402. The smallest absolute Gasteiger partial charge is 0.325 e. The molecule has 2 N–H and O–H groups in total. The lowest BCUT2D eigenvalue weighted by Crippen LogP contribution is -2.36. The Hall–Kier alpha value is -2.04. The first-order valence-electron chi connectivity index (χ1n) is 6.72. The lowest BCUT2D eigenvalue weighted by Gasteiger charge is -2.21. The fourth-order valence-corrected chi connectivity index (χ4v) is 1.96. The normalized spacial score (nSPS) is 10.2. The summed E-state index contributed by atoms with van der Waals surface area (Å²) in [6, 6.07) is 3.54. The van der Waals surface area contributed by atoms with E-state index in [0.717, 1.165) is 11.1 Å². The summed E-state index contributed by atoms with van der Waals surface area (Å²) in [5.41, 5.74) is 8.75. The molecule has 20 heavy (non-hydrogen) atoms. The first-order chi connectivity index (χ1) is 9.40. The summed E-state index contributed by atoms with van der Waals surface area (Å²) in [6.07, 6.45) is 0. The number of benzene rings is 1. The number of aryl methyl sites for hydroxylation is 2. The number of ether oxygens (including phenoxy) is 1. The van der Waals surface area contributed by atoms with E-state index in [0.29, 0.717) is 24.4 Å². The first kappa shape index (κ1) is 16.0. The SMILES string of the molecule is CCOC(=O)CN(CC)C(=O)c1cc(N)c(C)cc1C. The fourth-order valence-electron chi connectivity index (χ4n) is 1.96. The molecular weight excluding hydrogens is 256 g/mol. The summed E-state index contributed by atoms with van der Waals surface area (Å²) in [4.78, 5) is 25.4. The maximum atomic E-state index is 12.5. The van der Waals surface area contributed by atoms with Gasteiger partial charge >= 0.3 is 5.97 Å². The fraction of sp³-hybridized carbons (Fsp3) is 0.467. The standard InChI is InChI=1S/C15H22N2O3/c1-5-17(9-14(18)20-6-2)15(19)12-8-13(16)11(4)7-10(12)3/h7-8H,5-6,9,16H2,1-4H3. The molecule has 0 aliphatic carbocycles. The average molecular weight is 278 g/mol. The highest BCUT2D eigenvalue weighted by atomic mass is 16.5. The van der Waals surface area contributed by atoms with Crippen LogP contribution in [0.15, 0.2) is 12.1 Å². The monoisotopic (exact) mass is 278 g/mol. The van der Waals surface area contributed by atoms with Crippen LogP contribution in [0.4, 0.5) is 5.69 Å². The number of nitrogens with two attached hydrogens (primary N) is 1. The number of nitrogen functional groups attached to an aromatic ring is 1. The van der Waals surface area contributed by atoms with Crippen molar-refractivity contribution in [2.75, 3.05) is 25.4 Å². The molecule has 0 saturated heterocycles. The topological polar surface area (TPSA) is 72.6 Å². The van der Waals surface area contributed by atoms with E-state index in [1.54, 1.807) is 13.0 Å². The largest absolute Gasteiger partial charge is 0.465 e. The lowest BCUT2D eigenvalue weighted by molar-refractivity contribution is -0.143. The molecule has 1 aromatic rings. The number of hydrogen-bond donors (Lipinski definition) is 1.